The quantitative estimate of drug-likeness (QED) is 0.386. The van der Waals surface area contributed by atoms with Gasteiger partial charge in [-0.2, -0.15) is 5.10 Å². The van der Waals surface area contributed by atoms with Crippen molar-refractivity contribution >= 4 is 45.1 Å². The molecule has 178 valence electrons. The van der Waals surface area contributed by atoms with E-state index < -0.39 is 11.2 Å². The van der Waals surface area contributed by atoms with E-state index in [1.165, 1.54) is 17.2 Å². The molecule has 11 heteroatoms. The summed E-state index contributed by atoms with van der Waals surface area (Å²) in [5.41, 5.74) is 1.82. The standard InChI is InChI=1S/C24H21Cl2N7O2/c1-31-20-15-8-19(13-9-29-32(11-13)12-14-4-3-7-27-14)30-22(15)28-10-16(20)23(34)33(24(31)35)21-17(25)5-2-6-18(21)26/h2,5-6,8-11,14,27H,3-4,7,12H2,1H3,(H,28,30). The fourth-order valence-electron chi connectivity index (χ4n) is 4.83. The van der Waals surface area contributed by atoms with E-state index in [0.717, 1.165) is 35.3 Å². The molecule has 2 N–H and O–H groups in total. The summed E-state index contributed by atoms with van der Waals surface area (Å²) in [6.45, 7) is 1.85. The van der Waals surface area contributed by atoms with Gasteiger partial charge in [-0.25, -0.2) is 14.3 Å². The zero-order valence-corrected chi connectivity index (χ0v) is 20.3. The third-order valence-corrected chi connectivity index (χ3v) is 7.16. The molecule has 1 aliphatic heterocycles. The van der Waals surface area contributed by atoms with Crippen LogP contribution in [0.4, 0.5) is 0 Å². The van der Waals surface area contributed by atoms with E-state index in [4.69, 9.17) is 23.2 Å². The summed E-state index contributed by atoms with van der Waals surface area (Å²) in [4.78, 5) is 34.6. The van der Waals surface area contributed by atoms with Crippen LogP contribution >= 0.6 is 23.2 Å². The second-order valence-corrected chi connectivity index (χ2v) is 9.58. The van der Waals surface area contributed by atoms with Crippen LogP contribution in [0.2, 0.25) is 10.0 Å². The van der Waals surface area contributed by atoms with Crippen molar-refractivity contribution in [3.63, 3.8) is 0 Å². The number of nitrogens with one attached hydrogen (secondary N) is 2. The van der Waals surface area contributed by atoms with E-state index in [1.54, 1.807) is 31.4 Å². The van der Waals surface area contributed by atoms with Crippen molar-refractivity contribution in [2.45, 2.75) is 25.4 Å². The average Bonchev–Trinajstić information content (AvgIpc) is 3.60. The van der Waals surface area contributed by atoms with Gasteiger partial charge in [-0.3, -0.25) is 14.0 Å². The van der Waals surface area contributed by atoms with Gasteiger partial charge in [0.1, 0.15) is 5.65 Å². The average molecular weight is 510 g/mol. The molecule has 1 atom stereocenters. The summed E-state index contributed by atoms with van der Waals surface area (Å²) < 4.78 is 4.35. The minimum absolute atomic E-state index is 0.155. The second kappa shape index (κ2) is 8.37. The molecule has 35 heavy (non-hydrogen) atoms. The van der Waals surface area contributed by atoms with Crippen LogP contribution in [0.25, 0.3) is 38.9 Å². The number of halogens is 2. The fourth-order valence-corrected chi connectivity index (χ4v) is 5.39. The van der Waals surface area contributed by atoms with E-state index in [2.05, 4.69) is 20.4 Å². The number of hydrogen-bond acceptors (Lipinski definition) is 5. The largest absolute Gasteiger partial charge is 0.339 e. The van der Waals surface area contributed by atoms with Crippen molar-refractivity contribution in [1.82, 2.24) is 34.2 Å². The molecule has 6 rings (SSSR count). The molecule has 0 saturated carbocycles. The Kier molecular flexibility index (Phi) is 5.28. The number of benzene rings is 1. The maximum Gasteiger partial charge on any atom is 0.335 e. The topological polar surface area (TPSA) is 103 Å². The molecule has 0 spiro atoms. The molecule has 1 unspecified atom stereocenters. The van der Waals surface area contributed by atoms with Crippen molar-refractivity contribution in [3.8, 4) is 16.9 Å². The van der Waals surface area contributed by atoms with Crippen molar-refractivity contribution in [2.24, 2.45) is 7.05 Å². The van der Waals surface area contributed by atoms with Crippen LogP contribution in [0.1, 0.15) is 12.8 Å². The molecule has 1 aromatic carbocycles. The maximum absolute atomic E-state index is 13.5. The van der Waals surface area contributed by atoms with Crippen LogP contribution in [-0.4, -0.2) is 41.5 Å². The Morgan fingerprint density at radius 3 is 2.69 bits per heavy atom. The molecule has 0 radical (unpaired) electrons. The van der Waals surface area contributed by atoms with Gasteiger partial charge in [0.25, 0.3) is 5.56 Å². The summed E-state index contributed by atoms with van der Waals surface area (Å²) in [6, 6.07) is 7.15. The summed E-state index contributed by atoms with van der Waals surface area (Å²) in [5, 5.41) is 9.34. The van der Waals surface area contributed by atoms with Crippen LogP contribution < -0.4 is 16.6 Å². The Hall–Kier alpha value is -3.40. The number of para-hydroxylation sites is 1. The van der Waals surface area contributed by atoms with Gasteiger partial charge >= 0.3 is 5.69 Å². The number of fused-ring (bicyclic) bond motifs is 3. The molecular formula is C24H21Cl2N7O2. The summed E-state index contributed by atoms with van der Waals surface area (Å²) in [5.74, 6) is 0. The third kappa shape index (κ3) is 3.58. The summed E-state index contributed by atoms with van der Waals surface area (Å²) >= 11 is 12.6. The fraction of sp³-hybridized carbons (Fsp3) is 0.250. The van der Waals surface area contributed by atoms with Crippen molar-refractivity contribution in [2.75, 3.05) is 6.54 Å². The Balaban J connectivity index is 1.50. The van der Waals surface area contributed by atoms with Gasteiger partial charge in [0.15, 0.2) is 0 Å². The highest BCUT2D eigenvalue weighted by Gasteiger charge is 2.21. The van der Waals surface area contributed by atoms with Crippen LogP contribution in [-0.2, 0) is 13.6 Å². The monoisotopic (exact) mass is 509 g/mol. The smallest absolute Gasteiger partial charge is 0.335 e. The van der Waals surface area contributed by atoms with Crippen molar-refractivity contribution in [3.05, 3.63) is 73.7 Å². The third-order valence-electron chi connectivity index (χ3n) is 6.55. The van der Waals surface area contributed by atoms with E-state index >= 15 is 0 Å². The first-order valence-corrected chi connectivity index (χ1v) is 12.0. The number of aromatic nitrogens is 6. The molecule has 0 bridgehead atoms. The highest BCUT2D eigenvalue weighted by molar-refractivity contribution is 6.37. The van der Waals surface area contributed by atoms with Gasteiger partial charge in [-0.1, -0.05) is 29.3 Å². The number of pyridine rings is 1. The lowest BCUT2D eigenvalue weighted by molar-refractivity contribution is 0.476. The first kappa shape index (κ1) is 22.1. The molecule has 4 aromatic heterocycles. The van der Waals surface area contributed by atoms with E-state index in [9.17, 15) is 9.59 Å². The van der Waals surface area contributed by atoms with Crippen LogP contribution in [0, 0.1) is 0 Å². The molecule has 1 aliphatic rings. The summed E-state index contributed by atoms with van der Waals surface area (Å²) in [6.07, 6.45) is 7.58. The minimum atomic E-state index is -0.551. The Bertz CT molecular complexity index is 1700. The molecule has 1 fully saturated rings. The van der Waals surface area contributed by atoms with Gasteiger partial charge in [0.2, 0.25) is 0 Å². The lowest BCUT2D eigenvalue weighted by Crippen LogP contribution is -2.38. The molecule has 5 heterocycles. The van der Waals surface area contributed by atoms with Gasteiger partial charge < -0.3 is 10.3 Å². The highest BCUT2D eigenvalue weighted by Crippen LogP contribution is 2.29. The maximum atomic E-state index is 13.5. The number of rotatable bonds is 4. The first-order chi connectivity index (χ1) is 16.9. The molecular weight excluding hydrogens is 489 g/mol. The number of nitrogens with zero attached hydrogens (tertiary/aromatic N) is 5. The zero-order chi connectivity index (χ0) is 24.3. The second-order valence-electron chi connectivity index (χ2n) is 8.76. The highest BCUT2D eigenvalue weighted by atomic mass is 35.5. The Morgan fingerprint density at radius 2 is 1.94 bits per heavy atom. The molecule has 5 aromatic rings. The minimum Gasteiger partial charge on any atom is -0.339 e. The lowest BCUT2D eigenvalue weighted by atomic mass is 10.2. The van der Waals surface area contributed by atoms with E-state index in [1.807, 2.05) is 16.9 Å². The molecule has 0 aliphatic carbocycles. The molecule has 9 nitrogen and oxygen atoms in total. The SMILES string of the molecule is Cn1c(=O)n(-c2c(Cl)cccc2Cl)c(=O)c2cnc3[nH]c(-c4cnn(CC5CCCN5)c4)cc3c21. The lowest BCUT2D eigenvalue weighted by Gasteiger charge is -2.13. The molecule has 1 saturated heterocycles. The van der Waals surface area contributed by atoms with Crippen LogP contribution in [0.15, 0.2) is 52.4 Å². The van der Waals surface area contributed by atoms with Gasteiger partial charge in [0, 0.05) is 36.4 Å². The first-order valence-electron chi connectivity index (χ1n) is 11.3. The van der Waals surface area contributed by atoms with Gasteiger partial charge in [-0.15, -0.1) is 0 Å². The number of aromatic amines is 1. The normalized spacial score (nSPS) is 16.0. The predicted octanol–water partition coefficient (Wildman–Crippen LogP) is 3.49. The summed E-state index contributed by atoms with van der Waals surface area (Å²) in [7, 11) is 1.62. The molecule has 0 amide bonds. The number of hydrogen-bond donors (Lipinski definition) is 2. The number of H-pyrrole nitrogens is 1. The van der Waals surface area contributed by atoms with Gasteiger partial charge in [0.05, 0.1) is 45.1 Å². The predicted molar refractivity (Wildman–Crippen MR) is 137 cm³/mol. The van der Waals surface area contributed by atoms with Crippen molar-refractivity contribution in [1.29, 1.82) is 0 Å². The Morgan fingerprint density at radius 1 is 1.14 bits per heavy atom. The van der Waals surface area contributed by atoms with Crippen LogP contribution in [0.3, 0.4) is 0 Å². The van der Waals surface area contributed by atoms with Crippen molar-refractivity contribution < 1.29 is 0 Å². The van der Waals surface area contributed by atoms with Crippen LogP contribution in [0.5, 0.6) is 0 Å². The van der Waals surface area contributed by atoms with E-state index in [0.29, 0.717) is 22.6 Å². The zero-order valence-electron chi connectivity index (χ0n) is 18.8. The number of aryl methyl sites for hydroxylation is 1. The van der Waals surface area contributed by atoms with Gasteiger partial charge in [-0.05, 0) is 37.6 Å². The Labute approximate surface area is 208 Å². The van der Waals surface area contributed by atoms with E-state index in [-0.39, 0.29) is 21.1 Å².